The van der Waals surface area contributed by atoms with Crippen LogP contribution in [0, 0.1) is 17.8 Å². The minimum Gasteiger partial charge on any atom is -0.496 e. The summed E-state index contributed by atoms with van der Waals surface area (Å²) in [5.74, 6) is 3.77. The first-order chi connectivity index (χ1) is 9.24. The maximum Gasteiger partial charge on any atom is 0.122 e. The van der Waals surface area contributed by atoms with Crippen LogP contribution in [-0.2, 0) is 6.42 Å². The first-order valence-electron chi connectivity index (χ1n) is 7.24. The second kappa shape index (κ2) is 5.34. The summed E-state index contributed by atoms with van der Waals surface area (Å²) < 4.78 is 5.45. The van der Waals surface area contributed by atoms with E-state index in [1.54, 1.807) is 7.11 Å². The van der Waals surface area contributed by atoms with Crippen molar-refractivity contribution in [2.24, 2.45) is 17.8 Å². The molecular formula is C16H22ClNO. The normalized spacial score (nSPS) is 29.9. The Morgan fingerprint density at radius 2 is 2.11 bits per heavy atom. The van der Waals surface area contributed by atoms with Crippen LogP contribution in [0.25, 0.3) is 0 Å². The van der Waals surface area contributed by atoms with Gasteiger partial charge in [0.05, 0.1) is 7.11 Å². The highest BCUT2D eigenvalue weighted by atomic mass is 35.5. The highest BCUT2D eigenvalue weighted by Crippen LogP contribution is 2.59. The van der Waals surface area contributed by atoms with Gasteiger partial charge in [-0.2, -0.15) is 0 Å². The first-order valence-corrected chi connectivity index (χ1v) is 7.62. The molecule has 0 bridgehead atoms. The molecule has 2 aliphatic rings. The lowest BCUT2D eigenvalue weighted by Crippen LogP contribution is -2.31. The van der Waals surface area contributed by atoms with Gasteiger partial charge in [-0.1, -0.05) is 18.0 Å². The quantitative estimate of drug-likeness (QED) is 0.890. The highest BCUT2D eigenvalue weighted by molar-refractivity contribution is 6.30. The van der Waals surface area contributed by atoms with Gasteiger partial charge in [0, 0.05) is 11.1 Å². The third-order valence-corrected chi connectivity index (χ3v) is 5.23. The third kappa shape index (κ3) is 2.48. The van der Waals surface area contributed by atoms with Crippen LogP contribution in [-0.4, -0.2) is 20.2 Å². The van der Waals surface area contributed by atoms with Gasteiger partial charge in [-0.3, -0.25) is 0 Å². The van der Waals surface area contributed by atoms with Crippen molar-refractivity contribution in [3.8, 4) is 5.75 Å². The predicted molar refractivity (Wildman–Crippen MR) is 78.9 cm³/mol. The molecule has 0 spiro atoms. The fourth-order valence-corrected chi connectivity index (χ4v) is 4.24. The van der Waals surface area contributed by atoms with E-state index in [2.05, 4.69) is 12.4 Å². The minimum absolute atomic E-state index is 0.558. The predicted octanol–water partition coefficient (Wildman–Crippen LogP) is 3.53. The van der Waals surface area contributed by atoms with E-state index < -0.39 is 0 Å². The molecule has 2 aliphatic carbocycles. The van der Waals surface area contributed by atoms with E-state index in [-0.39, 0.29) is 0 Å². The summed E-state index contributed by atoms with van der Waals surface area (Å²) in [7, 11) is 3.81. The van der Waals surface area contributed by atoms with Crippen LogP contribution in [0.15, 0.2) is 18.2 Å². The second-order valence-corrected chi connectivity index (χ2v) is 6.33. The lowest BCUT2D eigenvalue weighted by Gasteiger charge is -2.20. The highest BCUT2D eigenvalue weighted by Gasteiger charge is 2.55. The Kier molecular flexibility index (Phi) is 3.72. The molecule has 1 aromatic carbocycles. The van der Waals surface area contributed by atoms with E-state index in [4.69, 9.17) is 16.3 Å². The standard InChI is InChI=1S/C16H22ClNO/c1-18-14(16-12-4-3-5-13(12)16)9-10-8-11(17)6-7-15(10)19-2/h6-8,12-14,16,18H,3-5,9H2,1-2H3. The van der Waals surface area contributed by atoms with Crippen LogP contribution >= 0.6 is 11.6 Å². The van der Waals surface area contributed by atoms with Gasteiger partial charge < -0.3 is 10.1 Å². The smallest absolute Gasteiger partial charge is 0.122 e. The number of likely N-dealkylation sites (N-methyl/N-ethyl adjacent to an activating group) is 1. The molecule has 19 heavy (non-hydrogen) atoms. The zero-order chi connectivity index (χ0) is 13.4. The topological polar surface area (TPSA) is 21.3 Å². The average molecular weight is 280 g/mol. The van der Waals surface area contributed by atoms with Crippen molar-refractivity contribution in [1.82, 2.24) is 5.32 Å². The summed E-state index contributed by atoms with van der Waals surface area (Å²) >= 11 is 6.12. The van der Waals surface area contributed by atoms with E-state index in [1.807, 2.05) is 18.2 Å². The molecule has 104 valence electrons. The summed E-state index contributed by atoms with van der Waals surface area (Å²) in [6, 6.07) is 6.47. The monoisotopic (exact) mass is 279 g/mol. The van der Waals surface area contributed by atoms with Crippen molar-refractivity contribution in [2.45, 2.75) is 31.7 Å². The molecule has 3 heteroatoms. The van der Waals surface area contributed by atoms with Gasteiger partial charge in [0.25, 0.3) is 0 Å². The lowest BCUT2D eigenvalue weighted by atomic mass is 9.97. The molecule has 1 N–H and O–H groups in total. The van der Waals surface area contributed by atoms with Crippen LogP contribution in [0.5, 0.6) is 5.75 Å². The Morgan fingerprint density at radius 3 is 2.74 bits per heavy atom. The third-order valence-electron chi connectivity index (χ3n) is 4.99. The number of fused-ring (bicyclic) bond motifs is 1. The number of nitrogens with one attached hydrogen (secondary N) is 1. The molecule has 0 aromatic heterocycles. The van der Waals surface area contributed by atoms with E-state index in [1.165, 1.54) is 24.8 Å². The number of benzene rings is 1. The van der Waals surface area contributed by atoms with Crippen LogP contribution in [0.2, 0.25) is 5.02 Å². The van der Waals surface area contributed by atoms with Crippen molar-refractivity contribution in [1.29, 1.82) is 0 Å². The van der Waals surface area contributed by atoms with E-state index in [0.717, 1.165) is 34.9 Å². The number of hydrogen-bond donors (Lipinski definition) is 1. The summed E-state index contributed by atoms with van der Waals surface area (Å²) in [6.45, 7) is 0. The van der Waals surface area contributed by atoms with Gasteiger partial charge in [-0.15, -0.1) is 0 Å². The van der Waals surface area contributed by atoms with Gasteiger partial charge >= 0.3 is 0 Å². The number of hydrogen-bond acceptors (Lipinski definition) is 2. The maximum absolute atomic E-state index is 6.12. The molecule has 2 fully saturated rings. The Labute approximate surface area is 120 Å². The van der Waals surface area contributed by atoms with Gasteiger partial charge in [0.1, 0.15) is 5.75 Å². The molecular weight excluding hydrogens is 258 g/mol. The van der Waals surface area contributed by atoms with Crippen molar-refractivity contribution in [2.75, 3.05) is 14.2 Å². The molecule has 3 atom stereocenters. The van der Waals surface area contributed by atoms with Gasteiger partial charge in [0.2, 0.25) is 0 Å². The molecule has 0 radical (unpaired) electrons. The van der Waals surface area contributed by atoms with Crippen molar-refractivity contribution >= 4 is 11.6 Å². The number of rotatable bonds is 5. The summed E-state index contributed by atoms with van der Waals surface area (Å²) in [6.07, 6.45) is 5.31. The van der Waals surface area contributed by atoms with Gasteiger partial charge in [0.15, 0.2) is 0 Å². The minimum atomic E-state index is 0.558. The van der Waals surface area contributed by atoms with E-state index in [0.29, 0.717) is 6.04 Å². The number of halogens is 1. The molecule has 0 saturated heterocycles. The van der Waals surface area contributed by atoms with Crippen molar-refractivity contribution < 1.29 is 4.74 Å². The fraction of sp³-hybridized carbons (Fsp3) is 0.625. The Morgan fingerprint density at radius 1 is 1.37 bits per heavy atom. The summed E-state index contributed by atoms with van der Waals surface area (Å²) in [4.78, 5) is 0. The molecule has 0 amide bonds. The van der Waals surface area contributed by atoms with Crippen molar-refractivity contribution in [3.05, 3.63) is 28.8 Å². The SMILES string of the molecule is CNC(Cc1cc(Cl)ccc1OC)C1C2CCCC21. The average Bonchev–Trinajstić information content (AvgIpc) is 2.88. The Hall–Kier alpha value is -0.730. The Balaban J connectivity index is 1.74. The summed E-state index contributed by atoms with van der Waals surface area (Å²) in [5, 5.41) is 4.31. The molecule has 2 nitrogen and oxygen atoms in total. The first kappa shape index (κ1) is 13.3. The zero-order valence-corrected chi connectivity index (χ0v) is 12.4. The maximum atomic E-state index is 6.12. The molecule has 0 aliphatic heterocycles. The largest absolute Gasteiger partial charge is 0.496 e. The van der Waals surface area contributed by atoms with E-state index in [9.17, 15) is 0 Å². The van der Waals surface area contributed by atoms with Gasteiger partial charge in [-0.05, 0) is 67.8 Å². The van der Waals surface area contributed by atoms with Crippen LogP contribution in [0.4, 0.5) is 0 Å². The molecule has 0 heterocycles. The molecule has 2 saturated carbocycles. The van der Waals surface area contributed by atoms with E-state index >= 15 is 0 Å². The lowest BCUT2D eigenvalue weighted by molar-refractivity contribution is 0.393. The number of methoxy groups -OCH3 is 1. The molecule has 1 aromatic rings. The fourth-order valence-electron chi connectivity index (χ4n) is 4.05. The number of ether oxygens (including phenoxy) is 1. The summed E-state index contributed by atoms with van der Waals surface area (Å²) in [5.41, 5.74) is 1.22. The van der Waals surface area contributed by atoms with Crippen molar-refractivity contribution in [3.63, 3.8) is 0 Å². The van der Waals surface area contributed by atoms with Crippen LogP contribution in [0.3, 0.4) is 0 Å². The Bertz CT molecular complexity index is 452. The zero-order valence-electron chi connectivity index (χ0n) is 11.7. The van der Waals surface area contributed by atoms with Crippen LogP contribution in [0.1, 0.15) is 24.8 Å². The van der Waals surface area contributed by atoms with Crippen LogP contribution < -0.4 is 10.1 Å². The molecule has 3 unspecified atom stereocenters. The second-order valence-electron chi connectivity index (χ2n) is 5.89. The molecule has 3 rings (SSSR count). The van der Waals surface area contributed by atoms with Gasteiger partial charge in [-0.25, -0.2) is 0 Å².